The highest BCUT2D eigenvalue weighted by Gasteiger charge is 2.40. The lowest BCUT2D eigenvalue weighted by molar-refractivity contribution is -0.190. The highest BCUT2D eigenvalue weighted by atomic mass is 16.5. The van der Waals surface area contributed by atoms with E-state index in [0.29, 0.717) is 6.04 Å². The van der Waals surface area contributed by atoms with Crippen LogP contribution in [0.25, 0.3) is 0 Å². The normalized spacial score (nSPS) is 24.3. The van der Waals surface area contributed by atoms with Crippen LogP contribution in [0.3, 0.4) is 0 Å². The molecule has 1 rings (SSSR count). The summed E-state index contributed by atoms with van der Waals surface area (Å²) in [5, 5.41) is 3.51. The molecule has 1 N–H and O–H groups in total. The molecule has 0 radical (unpaired) electrons. The van der Waals surface area contributed by atoms with Gasteiger partial charge in [-0.05, 0) is 40.7 Å². The molecule has 0 aromatic heterocycles. The molecule has 0 saturated carbocycles. The van der Waals surface area contributed by atoms with E-state index in [0.717, 1.165) is 32.8 Å². The van der Waals surface area contributed by atoms with Gasteiger partial charge >= 0.3 is 0 Å². The molecule has 1 fully saturated rings. The van der Waals surface area contributed by atoms with Crippen LogP contribution in [0.4, 0.5) is 0 Å². The Labute approximate surface area is 118 Å². The summed E-state index contributed by atoms with van der Waals surface area (Å²) < 4.78 is 11.5. The molecule has 114 valence electrons. The van der Waals surface area contributed by atoms with Crippen LogP contribution in [0.2, 0.25) is 0 Å². The first-order chi connectivity index (χ1) is 8.79. The Bertz CT molecular complexity index is 251. The number of nitrogens with one attached hydrogen (secondary N) is 1. The zero-order valence-electron chi connectivity index (χ0n) is 13.6. The second-order valence-electron chi connectivity index (χ2n) is 6.84. The Morgan fingerprint density at radius 3 is 2.26 bits per heavy atom. The molecule has 0 aromatic carbocycles. The molecular formula is C15H32N2O2. The smallest absolute Gasteiger partial charge is 0.0760 e. The first-order valence-corrected chi connectivity index (χ1v) is 7.43. The average Bonchev–Trinajstić information content (AvgIpc) is 2.24. The number of rotatable bonds is 7. The Morgan fingerprint density at radius 1 is 1.21 bits per heavy atom. The summed E-state index contributed by atoms with van der Waals surface area (Å²) in [6, 6.07) is 0.416. The highest BCUT2D eigenvalue weighted by Crippen LogP contribution is 2.29. The van der Waals surface area contributed by atoms with Crippen molar-refractivity contribution in [3.63, 3.8) is 0 Å². The van der Waals surface area contributed by atoms with Gasteiger partial charge in [-0.15, -0.1) is 0 Å². The van der Waals surface area contributed by atoms with Gasteiger partial charge in [-0.1, -0.05) is 6.92 Å². The predicted octanol–water partition coefficient (Wildman–Crippen LogP) is 1.89. The quantitative estimate of drug-likeness (QED) is 0.718. The first kappa shape index (κ1) is 16.9. The standard InChI is InChI=1S/C15H32N2O2/c1-7-8-16-9-13(10-18-6)17-11-14(2,3)19-15(4,5)12-17/h13,16H,7-12H2,1-6H3. The Kier molecular flexibility index (Phi) is 6.24. The van der Waals surface area contributed by atoms with E-state index in [4.69, 9.17) is 9.47 Å². The van der Waals surface area contributed by atoms with Crippen LogP contribution in [0.1, 0.15) is 41.0 Å². The number of ether oxygens (including phenoxy) is 2. The molecule has 19 heavy (non-hydrogen) atoms. The summed E-state index contributed by atoms with van der Waals surface area (Å²) in [5.41, 5.74) is -0.197. The summed E-state index contributed by atoms with van der Waals surface area (Å²) in [7, 11) is 1.78. The molecule has 0 bridgehead atoms. The second-order valence-corrected chi connectivity index (χ2v) is 6.84. The second kappa shape index (κ2) is 7.02. The average molecular weight is 272 g/mol. The fourth-order valence-corrected chi connectivity index (χ4v) is 3.04. The van der Waals surface area contributed by atoms with E-state index in [1.807, 2.05) is 0 Å². The third kappa shape index (κ3) is 5.78. The molecule has 4 nitrogen and oxygen atoms in total. The summed E-state index contributed by atoms with van der Waals surface area (Å²) in [5.74, 6) is 0. The molecule has 1 aliphatic heterocycles. The van der Waals surface area contributed by atoms with E-state index < -0.39 is 0 Å². The Hall–Kier alpha value is -0.160. The zero-order valence-corrected chi connectivity index (χ0v) is 13.6. The van der Waals surface area contributed by atoms with E-state index in [1.54, 1.807) is 7.11 Å². The van der Waals surface area contributed by atoms with Crippen molar-refractivity contribution in [1.29, 1.82) is 0 Å². The van der Waals surface area contributed by atoms with Crippen molar-refractivity contribution < 1.29 is 9.47 Å². The van der Waals surface area contributed by atoms with Crippen LogP contribution in [0.5, 0.6) is 0 Å². The molecule has 1 aliphatic rings. The van der Waals surface area contributed by atoms with Crippen LogP contribution in [-0.2, 0) is 9.47 Å². The molecule has 0 aromatic rings. The maximum atomic E-state index is 6.14. The van der Waals surface area contributed by atoms with Gasteiger partial charge in [0.25, 0.3) is 0 Å². The molecule has 1 heterocycles. The summed E-state index contributed by atoms with van der Waals surface area (Å²) in [6.07, 6.45) is 1.17. The zero-order chi connectivity index (χ0) is 14.5. The van der Waals surface area contributed by atoms with Crippen molar-refractivity contribution in [1.82, 2.24) is 10.2 Å². The lowest BCUT2D eigenvalue weighted by Crippen LogP contribution is -2.61. The van der Waals surface area contributed by atoms with Gasteiger partial charge in [-0.3, -0.25) is 4.90 Å². The van der Waals surface area contributed by atoms with E-state index in [9.17, 15) is 0 Å². The minimum absolute atomic E-state index is 0.0987. The monoisotopic (exact) mass is 272 g/mol. The summed E-state index contributed by atoms with van der Waals surface area (Å²) in [6.45, 7) is 15.6. The highest BCUT2D eigenvalue weighted by molar-refractivity contribution is 4.92. The van der Waals surface area contributed by atoms with Crippen molar-refractivity contribution in [2.75, 3.05) is 39.9 Å². The predicted molar refractivity (Wildman–Crippen MR) is 79.6 cm³/mol. The summed E-state index contributed by atoms with van der Waals surface area (Å²) in [4.78, 5) is 2.51. The fraction of sp³-hybridized carbons (Fsp3) is 1.00. The van der Waals surface area contributed by atoms with Crippen LogP contribution < -0.4 is 5.32 Å². The van der Waals surface area contributed by atoms with Gasteiger partial charge in [-0.25, -0.2) is 0 Å². The lowest BCUT2D eigenvalue weighted by Gasteiger charge is -2.49. The van der Waals surface area contributed by atoms with Crippen LogP contribution in [0, 0.1) is 0 Å². The summed E-state index contributed by atoms with van der Waals surface area (Å²) >= 11 is 0. The van der Waals surface area contributed by atoms with Crippen molar-refractivity contribution in [3.05, 3.63) is 0 Å². The Balaban J connectivity index is 2.65. The molecule has 0 amide bonds. The van der Waals surface area contributed by atoms with Gasteiger partial charge in [0.2, 0.25) is 0 Å². The van der Waals surface area contributed by atoms with Gasteiger partial charge in [0.1, 0.15) is 0 Å². The molecular weight excluding hydrogens is 240 g/mol. The number of methoxy groups -OCH3 is 1. The van der Waals surface area contributed by atoms with Gasteiger partial charge in [-0.2, -0.15) is 0 Å². The molecule has 4 heteroatoms. The van der Waals surface area contributed by atoms with Gasteiger partial charge in [0.15, 0.2) is 0 Å². The number of morpholine rings is 1. The molecule has 1 atom stereocenters. The van der Waals surface area contributed by atoms with Crippen molar-refractivity contribution in [3.8, 4) is 0 Å². The SMILES string of the molecule is CCCNCC(COC)N1CC(C)(C)OC(C)(C)C1. The number of nitrogens with zero attached hydrogens (tertiary/aromatic N) is 1. The first-order valence-electron chi connectivity index (χ1n) is 7.43. The van der Waals surface area contributed by atoms with Crippen LogP contribution in [0.15, 0.2) is 0 Å². The third-order valence-electron chi connectivity index (χ3n) is 3.40. The third-order valence-corrected chi connectivity index (χ3v) is 3.40. The van der Waals surface area contributed by atoms with Gasteiger partial charge in [0, 0.05) is 32.8 Å². The van der Waals surface area contributed by atoms with Crippen molar-refractivity contribution in [2.24, 2.45) is 0 Å². The van der Waals surface area contributed by atoms with E-state index >= 15 is 0 Å². The van der Waals surface area contributed by atoms with Gasteiger partial charge < -0.3 is 14.8 Å². The maximum Gasteiger partial charge on any atom is 0.0760 e. The number of hydrogen-bond acceptors (Lipinski definition) is 4. The molecule has 0 aliphatic carbocycles. The van der Waals surface area contributed by atoms with E-state index in [-0.39, 0.29) is 11.2 Å². The van der Waals surface area contributed by atoms with E-state index in [1.165, 1.54) is 6.42 Å². The van der Waals surface area contributed by atoms with E-state index in [2.05, 4.69) is 44.8 Å². The number of hydrogen-bond donors (Lipinski definition) is 1. The van der Waals surface area contributed by atoms with Crippen molar-refractivity contribution >= 4 is 0 Å². The molecule has 0 spiro atoms. The minimum Gasteiger partial charge on any atom is -0.383 e. The largest absolute Gasteiger partial charge is 0.383 e. The molecule has 1 saturated heterocycles. The fourth-order valence-electron chi connectivity index (χ4n) is 3.04. The minimum atomic E-state index is -0.0987. The van der Waals surface area contributed by atoms with Gasteiger partial charge in [0.05, 0.1) is 17.8 Å². The Morgan fingerprint density at radius 2 is 1.79 bits per heavy atom. The van der Waals surface area contributed by atoms with Crippen LogP contribution in [-0.4, -0.2) is 62.0 Å². The van der Waals surface area contributed by atoms with Crippen molar-refractivity contribution in [2.45, 2.75) is 58.3 Å². The topological polar surface area (TPSA) is 33.7 Å². The maximum absolute atomic E-state index is 6.14. The molecule has 1 unspecified atom stereocenters. The van der Waals surface area contributed by atoms with Crippen LogP contribution >= 0.6 is 0 Å². The lowest BCUT2D eigenvalue weighted by atomic mass is 9.97.